The number of aliphatic hydroxyl groups is 1. The van der Waals surface area contributed by atoms with Gasteiger partial charge >= 0.3 is 0 Å². The molecular formula is C9H18O2. The normalized spacial score (nSPS) is 14.6. The minimum atomic E-state index is -1.16. The van der Waals surface area contributed by atoms with Gasteiger partial charge in [0.1, 0.15) is 5.60 Å². The Labute approximate surface area is 68.6 Å². The molecular weight excluding hydrogens is 140 g/mol. The summed E-state index contributed by atoms with van der Waals surface area (Å²) in [6.07, 6.45) is 1.85. The van der Waals surface area contributed by atoms with E-state index in [0.717, 1.165) is 12.8 Å². The predicted molar refractivity (Wildman–Crippen MR) is 45.4 cm³/mol. The average Bonchev–Trinajstić information content (AvgIpc) is 1.85. The van der Waals surface area contributed by atoms with E-state index in [4.69, 9.17) is 0 Å². The van der Waals surface area contributed by atoms with Crippen LogP contribution in [0.4, 0.5) is 0 Å². The molecule has 0 aromatic rings. The number of hydrogen-bond donors (Lipinski definition) is 1. The van der Waals surface area contributed by atoms with Gasteiger partial charge < -0.3 is 5.11 Å². The fourth-order valence-corrected chi connectivity index (χ4v) is 1.17. The van der Waals surface area contributed by atoms with Gasteiger partial charge in [0.05, 0.1) is 0 Å². The van der Waals surface area contributed by atoms with E-state index in [2.05, 4.69) is 0 Å². The lowest BCUT2D eigenvalue weighted by atomic mass is 9.90. The molecule has 0 aromatic carbocycles. The summed E-state index contributed by atoms with van der Waals surface area (Å²) in [4.78, 5) is 11.3. The zero-order valence-corrected chi connectivity index (χ0v) is 7.85. The third-order valence-corrected chi connectivity index (χ3v) is 1.77. The third-order valence-electron chi connectivity index (χ3n) is 1.77. The van der Waals surface area contributed by atoms with Crippen LogP contribution in [-0.4, -0.2) is 16.5 Å². The predicted octanol–water partition coefficient (Wildman–Crippen LogP) is 1.76. The van der Waals surface area contributed by atoms with Crippen molar-refractivity contribution in [2.45, 2.75) is 46.1 Å². The molecule has 2 nitrogen and oxygen atoms in total. The highest BCUT2D eigenvalue weighted by Gasteiger charge is 2.27. The first kappa shape index (κ1) is 10.6. The van der Waals surface area contributed by atoms with Crippen molar-refractivity contribution in [1.29, 1.82) is 0 Å². The molecule has 1 atom stereocenters. The lowest BCUT2D eigenvalue weighted by molar-refractivity contribution is -0.138. The van der Waals surface area contributed by atoms with Gasteiger partial charge in [0.15, 0.2) is 5.78 Å². The van der Waals surface area contributed by atoms with Gasteiger partial charge in [-0.3, -0.25) is 4.79 Å². The van der Waals surface area contributed by atoms with Gasteiger partial charge in [-0.2, -0.15) is 0 Å². The molecule has 66 valence electrons. The summed E-state index contributed by atoms with van der Waals surface area (Å²) in [5, 5.41) is 9.33. The molecule has 0 bridgehead atoms. The first-order valence-electron chi connectivity index (χ1n) is 4.16. The molecule has 11 heavy (non-hydrogen) atoms. The topological polar surface area (TPSA) is 37.3 Å². The van der Waals surface area contributed by atoms with Crippen LogP contribution in [0.5, 0.6) is 0 Å². The number of carbonyl (C=O) groups excluding carboxylic acids is 1. The Bertz CT molecular complexity index is 133. The number of Topliss-reactive ketones (excluding diaryl/α,β-unsaturated/α-hetero) is 1. The largest absolute Gasteiger partial charge is 0.383 e. The van der Waals surface area contributed by atoms with Crippen LogP contribution in [0.1, 0.15) is 40.5 Å². The van der Waals surface area contributed by atoms with E-state index in [1.165, 1.54) is 0 Å². The van der Waals surface area contributed by atoms with Crippen molar-refractivity contribution < 1.29 is 9.90 Å². The fourth-order valence-electron chi connectivity index (χ4n) is 1.17. The maximum absolute atomic E-state index is 11.3. The van der Waals surface area contributed by atoms with Gasteiger partial charge in [0.2, 0.25) is 0 Å². The van der Waals surface area contributed by atoms with E-state index in [9.17, 15) is 9.90 Å². The molecule has 0 heterocycles. The van der Waals surface area contributed by atoms with Crippen molar-refractivity contribution in [3.05, 3.63) is 0 Å². The number of hydrogen-bond acceptors (Lipinski definition) is 2. The highest BCUT2D eigenvalue weighted by molar-refractivity contribution is 5.87. The Morgan fingerprint density at radius 2 is 2.00 bits per heavy atom. The molecule has 0 amide bonds. The first-order chi connectivity index (χ1) is 4.89. The second kappa shape index (κ2) is 3.86. The van der Waals surface area contributed by atoms with Gasteiger partial charge in [-0.1, -0.05) is 20.3 Å². The van der Waals surface area contributed by atoms with Crippen LogP contribution in [0, 0.1) is 5.92 Å². The van der Waals surface area contributed by atoms with Crippen LogP contribution < -0.4 is 0 Å². The Hall–Kier alpha value is -0.370. The first-order valence-corrected chi connectivity index (χ1v) is 4.16. The molecule has 0 rings (SSSR count). The summed E-state index contributed by atoms with van der Waals surface area (Å²) in [6.45, 7) is 6.99. The Morgan fingerprint density at radius 3 is 2.27 bits per heavy atom. The van der Waals surface area contributed by atoms with Gasteiger partial charge in [0.25, 0.3) is 0 Å². The minimum absolute atomic E-state index is 0.0139. The maximum Gasteiger partial charge on any atom is 0.166 e. The van der Waals surface area contributed by atoms with Crippen molar-refractivity contribution in [1.82, 2.24) is 0 Å². The van der Waals surface area contributed by atoms with Gasteiger partial charge in [-0.15, -0.1) is 0 Å². The highest BCUT2D eigenvalue weighted by atomic mass is 16.3. The van der Waals surface area contributed by atoms with Crippen molar-refractivity contribution in [2.75, 3.05) is 0 Å². The van der Waals surface area contributed by atoms with E-state index < -0.39 is 5.60 Å². The molecule has 0 aliphatic rings. The van der Waals surface area contributed by atoms with Gasteiger partial charge in [-0.05, 0) is 20.3 Å². The molecule has 0 fully saturated rings. The number of carbonyl (C=O) groups is 1. The van der Waals surface area contributed by atoms with E-state index >= 15 is 0 Å². The lowest BCUT2D eigenvalue weighted by Crippen LogP contribution is -2.35. The van der Waals surface area contributed by atoms with Crippen LogP contribution in [0.15, 0.2) is 0 Å². The summed E-state index contributed by atoms with van der Waals surface area (Å²) in [6, 6.07) is 0. The van der Waals surface area contributed by atoms with Crippen LogP contribution in [0.25, 0.3) is 0 Å². The standard InChI is InChI=1S/C9H18O2/c1-5-6-7(2)8(10)9(3,4)11/h7,11H,5-6H2,1-4H3. The zero-order valence-electron chi connectivity index (χ0n) is 7.85. The average molecular weight is 158 g/mol. The summed E-state index contributed by atoms with van der Waals surface area (Å²) >= 11 is 0. The van der Waals surface area contributed by atoms with Crippen molar-refractivity contribution in [2.24, 2.45) is 5.92 Å². The second-order valence-electron chi connectivity index (χ2n) is 3.61. The lowest BCUT2D eigenvalue weighted by Gasteiger charge is -2.19. The van der Waals surface area contributed by atoms with E-state index in [0.29, 0.717) is 0 Å². The van der Waals surface area contributed by atoms with Gasteiger partial charge in [0, 0.05) is 5.92 Å². The molecule has 2 heteroatoms. The zero-order chi connectivity index (χ0) is 9.07. The summed E-state index contributed by atoms with van der Waals surface area (Å²) in [5.41, 5.74) is -1.16. The van der Waals surface area contributed by atoms with E-state index in [1.54, 1.807) is 13.8 Å². The molecule has 0 spiro atoms. The number of rotatable bonds is 4. The van der Waals surface area contributed by atoms with Crippen LogP contribution in [0.2, 0.25) is 0 Å². The molecule has 0 radical (unpaired) electrons. The monoisotopic (exact) mass is 158 g/mol. The smallest absolute Gasteiger partial charge is 0.166 e. The molecule has 0 aliphatic heterocycles. The molecule has 0 saturated carbocycles. The highest BCUT2D eigenvalue weighted by Crippen LogP contribution is 2.15. The van der Waals surface area contributed by atoms with E-state index in [1.807, 2.05) is 13.8 Å². The Balaban J connectivity index is 4.03. The SMILES string of the molecule is CCCC(C)C(=O)C(C)(C)O. The molecule has 1 N–H and O–H groups in total. The molecule has 1 unspecified atom stereocenters. The van der Waals surface area contributed by atoms with Crippen LogP contribution in [-0.2, 0) is 4.79 Å². The Kier molecular flexibility index (Phi) is 3.73. The van der Waals surface area contributed by atoms with Crippen LogP contribution in [0.3, 0.4) is 0 Å². The molecule has 0 saturated heterocycles. The quantitative estimate of drug-likeness (QED) is 0.677. The molecule has 0 aliphatic carbocycles. The van der Waals surface area contributed by atoms with Crippen molar-refractivity contribution in [3.8, 4) is 0 Å². The van der Waals surface area contributed by atoms with Crippen LogP contribution >= 0.6 is 0 Å². The van der Waals surface area contributed by atoms with Crippen molar-refractivity contribution in [3.63, 3.8) is 0 Å². The van der Waals surface area contributed by atoms with Crippen molar-refractivity contribution >= 4 is 5.78 Å². The van der Waals surface area contributed by atoms with E-state index in [-0.39, 0.29) is 11.7 Å². The Morgan fingerprint density at radius 1 is 1.55 bits per heavy atom. The summed E-state index contributed by atoms with van der Waals surface area (Å²) in [5.74, 6) is -0.0700. The van der Waals surface area contributed by atoms with Gasteiger partial charge in [-0.25, -0.2) is 0 Å². The summed E-state index contributed by atoms with van der Waals surface area (Å²) < 4.78 is 0. The maximum atomic E-state index is 11.3. The summed E-state index contributed by atoms with van der Waals surface area (Å²) in [7, 11) is 0. The third kappa shape index (κ3) is 3.51. The second-order valence-corrected chi connectivity index (χ2v) is 3.61. The molecule has 0 aromatic heterocycles. The fraction of sp³-hybridized carbons (Fsp3) is 0.889. The minimum Gasteiger partial charge on any atom is -0.383 e. The number of ketones is 1.